The Balaban J connectivity index is 2.11. The molecule has 0 saturated heterocycles. The first-order chi connectivity index (χ1) is 19.5. The van der Waals surface area contributed by atoms with Gasteiger partial charge in [0.25, 0.3) is 5.69 Å². The summed E-state index contributed by atoms with van der Waals surface area (Å²) in [5, 5.41) is 14.0. The average Bonchev–Trinajstić information content (AvgIpc) is 2.96. The van der Waals surface area contributed by atoms with E-state index < -0.39 is 39.3 Å². The van der Waals surface area contributed by atoms with E-state index in [2.05, 4.69) is 5.32 Å². The highest BCUT2D eigenvalue weighted by atomic mass is 32.2. The lowest BCUT2D eigenvalue weighted by molar-refractivity contribution is -0.384. The van der Waals surface area contributed by atoms with Crippen LogP contribution in [0.3, 0.4) is 0 Å². The van der Waals surface area contributed by atoms with Crippen molar-refractivity contribution in [1.29, 1.82) is 0 Å². The molecule has 0 aromatic heterocycles. The van der Waals surface area contributed by atoms with Gasteiger partial charge in [0, 0.05) is 32.1 Å². The second-order valence-electron chi connectivity index (χ2n) is 9.08. The molecule has 0 saturated carbocycles. The minimum absolute atomic E-state index is 0.0142. The summed E-state index contributed by atoms with van der Waals surface area (Å²) in [7, 11) is 0.0793. The largest absolute Gasteiger partial charge is 0.497 e. The van der Waals surface area contributed by atoms with Gasteiger partial charge < -0.3 is 19.7 Å². The number of amides is 2. The molecule has 3 aromatic rings. The number of nitrogens with zero attached hydrogens (tertiary/aromatic N) is 3. The zero-order valence-electron chi connectivity index (χ0n) is 23.1. The molecular weight excluding hydrogens is 552 g/mol. The first kappa shape index (κ1) is 30.9. The summed E-state index contributed by atoms with van der Waals surface area (Å²) in [5.74, 6) is -0.617. The van der Waals surface area contributed by atoms with Crippen LogP contribution in [0, 0.1) is 10.1 Å². The number of ether oxygens (including phenoxy) is 2. The summed E-state index contributed by atoms with van der Waals surface area (Å²) in [6.45, 7) is -0.798. The van der Waals surface area contributed by atoms with Crippen LogP contribution in [0.5, 0.6) is 11.5 Å². The summed E-state index contributed by atoms with van der Waals surface area (Å²) in [5.41, 5.74) is 0.851. The molecule has 218 valence electrons. The Morgan fingerprint density at radius 1 is 0.976 bits per heavy atom. The Morgan fingerprint density at radius 2 is 1.66 bits per heavy atom. The van der Waals surface area contributed by atoms with Gasteiger partial charge in [-0.1, -0.05) is 42.5 Å². The Bertz CT molecular complexity index is 1500. The number of likely N-dealkylation sites (N-methyl/N-ethyl adjacent to an activating group) is 1. The molecular formula is C28H32N4O8S. The fourth-order valence-electron chi connectivity index (χ4n) is 4.27. The molecule has 1 N–H and O–H groups in total. The van der Waals surface area contributed by atoms with Crippen LogP contribution in [0.25, 0.3) is 0 Å². The topological polar surface area (TPSA) is 148 Å². The van der Waals surface area contributed by atoms with Gasteiger partial charge in [0.15, 0.2) is 0 Å². The van der Waals surface area contributed by atoms with E-state index in [1.54, 1.807) is 24.3 Å². The molecule has 0 bridgehead atoms. The fraction of sp³-hybridized carbons (Fsp3) is 0.286. The van der Waals surface area contributed by atoms with E-state index in [1.807, 2.05) is 30.3 Å². The minimum atomic E-state index is -4.15. The number of methoxy groups -OCH3 is 2. The van der Waals surface area contributed by atoms with Crippen LogP contribution >= 0.6 is 0 Å². The highest BCUT2D eigenvalue weighted by Gasteiger charge is 2.34. The number of carbonyl (C=O) groups excluding carboxylic acids is 2. The van der Waals surface area contributed by atoms with Gasteiger partial charge in [-0.3, -0.25) is 24.0 Å². The van der Waals surface area contributed by atoms with Gasteiger partial charge in [-0.2, -0.15) is 0 Å². The third-order valence-electron chi connectivity index (χ3n) is 6.33. The summed E-state index contributed by atoms with van der Waals surface area (Å²) in [6.07, 6.45) is 1.03. The van der Waals surface area contributed by atoms with Gasteiger partial charge in [-0.15, -0.1) is 0 Å². The number of anilines is 1. The molecule has 41 heavy (non-hydrogen) atoms. The maximum Gasteiger partial charge on any atom is 0.271 e. The number of benzene rings is 3. The van der Waals surface area contributed by atoms with Crippen molar-refractivity contribution in [3.63, 3.8) is 0 Å². The molecule has 0 fully saturated rings. The first-order valence-corrected chi connectivity index (χ1v) is 14.3. The monoisotopic (exact) mass is 584 g/mol. The molecule has 0 heterocycles. The molecule has 0 aliphatic heterocycles. The summed E-state index contributed by atoms with van der Waals surface area (Å²) in [6, 6.07) is 18.5. The molecule has 13 heteroatoms. The summed E-state index contributed by atoms with van der Waals surface area (Å²) >= 11 is 0. The normalized spacial score (nSPS) is 11.7. The SMILES string of the molecule is CNC(=O)[C@H](Cc1ccccc1)N(Cc1cccc(OC)c1)C(=O)CN(c1cc([N+](=O)[O-])ccc1OC)S(C)(=O)=O. The van der Waals surface area contributed by atoms with E-state index in [0.717, 1.165) is 22.2 Å². The third-order valence-corrected chi connectivity index (χ3v) is 7.45. The van der Waals surface area contributed by atoms with Crippen molar-refractivity contribution in [2.45, 2.75) is 19.0 Å². The zero-order valence-corrected chi connectivity index (χ0v) is 24.0. The quantitative estimate of drug-likeness (QED) is 0.238. The van der Waals surface area contributed by atoms with E-state index in [1.165, 1.54) is 38.3 Å². The number of nitro groups is 1. The lowest BCUT2D eigenvalue weighted by atomic mass is 10.0. The molecule has 0 aliphatic carbocycles. The number of nitrogens with one attached hydrogen (secondary N) is 1. The highest BCUT2D eigenvalue weighted by Crippen LogP contribution is 2.34. The van der Waals surface area contributed by atoms with Crippen molar-refractivity contribution in [3.8, 4) is 11.5 Å². The molecule has 0 radical (unpaired) electrons. The Morgan fingerprint density at radius 3 is 2.24 bits per heavy atom. The molecule has 0 unspecified atom stereocenters. The van der Waals surface area contributed by atoms with Crippen LogP contribution in [-0.2, 0) is 32.6 Å². The second kappa shape index (κ2) is 13.6. The molecule has 3 rings (SSSR count). The molecule has 3 aromatic carbocycles. The van der Waals surface area contributed by atoms with Crippen LogP contribution < -0.4 is 19.1 Å². The second-order valence-corrected chi connectivity index (χ2v) is 11.0. The maximum atomic E-state index is 14.0. The lowest BCUT2D eigenvalue weighted by Crippen LogP contribution is -2.52. The van der Waals surface area contributed by atoms with E-state index >= 15 is 0 Å². The van der Waals surface area contributed by atoms with E-state index in [4.69, 9.17) is 9.47 Å². The van der Waals surface area contributed by atoms with Crippen LogP contribution in [-0.4, -0.2) is 70.2 Å². The molecule has 12 nitrogen and oxygen atoms in total. The molecule has 0 aliphatic rings. The Kier molecular flexibility index (Phi) is 10.3. The van der Waals surface area contributed by atoms with Crippen molar-refractivity contribution in [3.05, 3.63) is 94.0 Å². The Labute approximate surface area is 238 Å². The number of nitro benzene ring substituents is 1. The minimum Gasteiger partial charge on any atom is -0.497 e. The van der Waals surface area contributed by atoms with E-state index in [-0.39, 0.29) is 30.1 Å². The van der Waals surface area contributed by atoms with E-state index in [0.29, 0.717) is 11.3 Å². The number of rotatable bonds is 13. The molecule has 0 spiro atoms. The molecule has 1 atom stereocenters. The Hall–Kier alpha value is -4.65. The fourth-order valence-corrected chi connectivity index (χ4v) is 5.11. The van der Waals surface area contributed by atoms with Crippen LogP contribution in [0.4, 0.5) is 11.4 Å². The van der Waals surface area contributed by atoms with Crippen LogP contribution in [0.15, 0.2) is 72.8 Å². The first-order valence-electron chi connectivity index (χ1n) is 12.5. The third kappa shape index (κ3) is 7.94. The number of sulfonamides is 1. The van der Waals surface area contributed by atoms with Crippen molar-refractivity contribution in [1.82, 2.24) is 10.2 Å². The van der Waals surface area contributed by atoms with Crippen molar-refractivity contribution < 1.29 is 32.4 Å². The van der Waals surface area contributed by atoms with Crippen LogP contribution in [0.2, 0.25) is 0 Å². The number of hydrogen-bond acceptors (Lipinski definition) is 8. The maximum absolute atomic E-state index is 14.0. The number of hydrogen-bond donors (Lipinski definition) is 1. The number of carbonyl (C=O) groups is 2. The van der Waals surface area contributed by atoms with Gasteiger partial charge in [-0.05, 0) is 29.3 Å². The predicted molar refractivity (Wildman–Crippen MR) is 153 cm³/mol. The summed E-state index contributed by atoms with van der Waals surface area (Å²) < 4.78 is 37.2. The van der Waals surface area contributed by atoms with Crippen molar-refractivity contribution >= 4 is 33.2 Å². The standard InChI is InChI=1S/C28H32N4O8S/c1-29-28(34)25(16-20-9-6-5-7-10-20)30(18-21-11-8-12-23(15-21)39-2)27(33)19-31(41(4,37)38)24-17-22(32(35)36)13-14-26(24)40-3/h5-15,17,25H,16,18-19H2,1-4H3,(H,29,34)/t25-/m0/s1. The van der Waals surface area contributed by atoms with Gasteiger partial charge in [0.05, 0.1) is 25.4 Å². The smallest absolute Gasteiger partial charge is 0.271 e. The van der Waals surface area contributed by atoms with Gasteiger partial charge in [0.2, 0.25) is 21.8 Å². The van der Waals surface area contributed by atoms with Crippen molar-refractivity contribution in [2.24, 2.45) is 0 Å². The van der Waals surface area contributed by atoms with Gasteiger partial charge in [-0.25, -0.2) is 8.42 Å². The molecule has 2 amide bonds. The van der Waals surface area contributed by atoms with Gasteiger partial charge >= 0.3 is 0 Å². The highest BCUT2D eigenvalue weighted by molar-refractivity contribution is 7.92. The lowest BCUT2D eigenvalue weighted by Gasteiger charge is -2.33. The number of non-ortho nitro benzene ring substituents is 1. The average molecular weight is 585 g/mol. The zero-order chi connectivity index (χ0) is 30.2. The van der Waals surface area contributed by atoms with Crippen LogP contribution in [0.1, 0.15) is 11.1 Å². The van der Waals surface area contributed by atoms with E-state index in [9.17, 15) is 28.1 Å². The predicted octanol–water partition coefficient (Wildman–Crippen LogP) is 2.76. The summed E-state index contributed by atoms with van der Waals surface area (Å²) in [4.78, 5) is 39.3. The van der Waals surface area contributed by atoms with Crippen molar-refractivity contribution in [2.75, 3.05) is 38.4 Å². The van der Waals surface area contributed by atoms with Gasteiger partial charge in [0.1, 0.15) is 29.8 Å².